The van der Waals surface area contributed by atoms with Gasteiger partial charge < -0.3 is 9.84 Å². The number of aliphatic hydroxyl groups is 1. The second kappa shape index (κ2) is 4.76. The minimum absolute atomic E-state index is 0.213. The quantitative estimate of drug-likeness (QED) is 0.867. The first-order valence-corrected chi connectivity index (χ1v) is 7.36. The van der Waals surface area contributed by atoms with Gasteiger partial charge in [-0.05, 0) is 18.2 Å². The highest BCUT2D eigenvalue weighted by Crippen LogP contribution is 2.28. The number of benzene rings is 1. The van der Waals surface area contributed by atoms with E-state index in [0.29, 0.717) is 5.56 Å². The number of hydrogen-bond donors (Lipinski definition) is 1. The Kier molecular flexibility index (Phi) is 3.48. The van der Waals surface area contributed by atoms with Crippen molar-refractivity contribution in [3.8, 4) is 11.8 Å². The van der Waals surface area contributed by atoms with Gasteiger partial charge in [0.15, 0.2) is 9.84 Å². The molecule has 2 rings (SSSR count). The van der Waals surface area contributed by atoms with E-state index < -0.39 is 22.0 Å². The third-order valence-electron chi connectivity index (χ3n) is 2.61. The third-order valence-corrected chi connectivity index (χ3v) is 4.59. The summed E-state index contributed by atoms with van der Waals surface area (Å²) in [5.74, 6) is -0.271. The van der Waals surface area contributed by atoms with Gasteiger partial charge in [0.2, 0.25) is 0 Å². The normalized spacial score (nSPS) is 25.6. The van der Waals surface area contributed by atoms with Gasteiger partial charge in [0.1, 0.15) is 18.0 Å². The monoisotopic (exact) mass is 287 g/mol. The number of nitrogens with zero attached hydrogens (tertiary/aromatic N) is 1. The molecule has 1 saturated heterocycles. The number of aliphatic hydroxyl groups excluding tert-OH is 1. The first-order valence-electron chi connectivity index (χ1n) is 5.16. The molecule has 1 aromatic carbocycles. The van der Waals surface area contributed by atoms with Crippen LogP contribution in [0.1, 0.15) is 5.56 Å². The van der Waals surface area contributed by atoms with E-state index in [1.165, 1.54) is 18.2 Å². The summed E-state index contributed by atoms with van der Waals surface area (Å²) in [6, 6.07) is 6.34. The standard InChI is InChI=1S/C11H10ClNO4S/c12-8-3-7(4-13)1-2-10(8)17-11-6-18(15,16)5-9(11)14/h1-3,9,11,14H,5-6H2. The van der Waals surface area contributed by atoms with Gasteiger partial charge in [-0.15, -0.1) is 0 Å². The molecule has 0 spiro atoms. The number of ether oxygens (including phenoxy) is 1. The SMILES string of the molecule is N#Cc1ccc(OC2CS(=O)(=O)CC2O)c(Cl)c1. The summed E-state index contributed by atoms with van der Waals surface area (Å²) in [7, 11) is -3.26. The van der Waals surface area contributed by atoms with Gasteiger partial charge >= 0.3 is 0 Å². The fourth-order valence-electron chi connectivity index (χ4n) is 1.74. The third kappa shape index (κ3) is 2.75. The highest BCUT2D eigenvalue weighted by atomic mass is 35.5. The molecule has 1 aliphatic rings. The highest BCUT2D eigenvalue weighted by Gasteiger charge is 2.38. The van der Waals surface area contributed by atoms with Crippen molar-refractivity contribution in [3.05, 3.63) is 28.8 Å². The molecule has 1 heterocycles. The summed E-state index contributed by atoms with van der Waals surface area (Å²) < 4.78 is 28.0. The van der Waals surface area contributed by atoms with Crippen LogP contribution < -0.4 is 4.74 Å². The van der Waals surface area contributed by atoms with Crippen LogP contribution in [0.3, 0.4) is 0 Å². The lowest BCUT2D eigenvalue weighted by atomic mass is 10.2. The second-order valence-electron chi connectivity index (χ2n) is 4.06. The molecule has 0 radical (unpaired) electrons. The molecule has 18 heavy (non-hydrogen) atoms. The Bertz CT molecular complexity index is 608. The zero-order chi connectivity index (χ0) is 13.3. The maximum Gasteiger partial charge on any atom is 0.156 e. The van der Waals surface area contributed by atoms with E-state index >= 15 is 0 Å². The van der Waals surface area contributed by atoms with E-state index in [2.05, 4.69) is 0 Å². The van der Waals surface area contributed by atoms with Gasteiger partial charge in [-0.1, -0.05) is 11.6 Å². The zero-order valence-corrected chi connectivity index (χ0v) is 10.8. The number of hydrogen-bond acceptors (Lipinski definition) is 5. The van der Waals surface area contributed by atoms with Crippen LogP contribution in [0.4, 0.5) is 0 Å². The molecule has 1 fully saturated rings. The van der Waals surface area contributed by atoms with Gasteiger partial charge in [0, 0.05) is 0 Å². The van der Waals surface area contributed by atoms with Gasteiger partial charge in [0.05, 0.1) is 28.2 Å². The zero-order valence-electron chi connectivity index (χ0n) is 9.21. The predicted octanol–water partition coefficient (Wildman–Crippen LogP) is 0.748. The van der Waals surface area contributed by atoms with Gasteiger partial charge in [-0.2, -0.15) is 5.26 Å². The maximum atomic E-state index is 11.3. The highest BCUT2D eigenvalue weighted by molar-refractivity contribution is 7.91. The molecule has 1 N–H and O–H groups in total. The van der Waals surface area contributed by atoms with Crippen molar-refractivity contribution < 1.29 is 18.3 Å². The lowest BCUT2D eigenvalue weighted by Gasteiger charge is -2.16. The van der Waals surface area contributed by atoms with Crippen molar-refractivity contribution >= 4 is 21.4 Å². The predicted molar refractivity (Wildman–Crippen MR) is 65.2 cm³/mol. The number of sulfone groups is 1. The summed E-state index contributed by atoms with van der Waals surface area (Å²) in [5, 5.41) is 18.5. The van der Waals surface area contributed by atoms with Crippen LogP contribution in [-0.4, -0.2) is 37.2 Å². The van der Waals surface area contributed by atoms with Crippen molar-refractivity contribution in [2.75, 3.05) is 11.5 Å². The Morgan fingerprint density at radius 2 is 2.17 bits per heavy atom. The Morgan fingerprint density at radius 1 is 1.44 bits per heavy atom. The lowest BCUT2D eigenvalue weighted by Crippen LogP contribution is -2.29. The van der Waals surface area contributed by atoms with Crippen molar-refractivity contribution in [1.82, 2.24) is 0 Å². The van der Waals surface area contributed by atoms with Gasteiger partial charge in [-0.25, -0.2) is 8.42 Å². The Labute approximate surface area is 109 Å². The van der Waals surface area contributed by atoms with Crippen LogP contribution in [0.25, 0.3) is 0 Å². The van der Waals surface area contributed by atoms with Crippen molar-refractivity contribution in [2.24, 2.45) is 0 Å². The van der Waals surface area contributed by atoms with E-state index in [0.717, 1.165) is 0 Å². The minimum atomic E-state index is -3.26. The molecule has 7 heteroatoms. The number of halogens is 1. The van der Waals surface area contributed by atoms with Crippen molar-refractivity contribution in [1.29, 1.82) is 5.26 Å². The number of nitriles is 1. The molecule has 0 saturated carbocycles. The second-order valence-corrected chi connectivity index (χ2v) is 6.62. The summed E-state index contributed by atoms with van der Waals surface area (Å²) in [5.41, 5.74) is 0.381. The van der Waals surface area contributed by atoms with E-state index in [9.17, 15) is 13.5 Å². The van der Waals surface area contributed by atoms with E-state index in [4.69, 9.17) is 21.6 Å². The number of rotatable bonds is 2. The van der Waals surface area contributed by atoms with E-state index in [1.807, 2.05) is 6.07 Å². The molecule has 0 aromatic heterocycles. The van der Waals surface area contributed by atoms with Gasteiger partial charge in [0.25, 0.3) is 0 Å². The first-order chi connectivity index (χ1) is 8.41. The Balaban J connectivity index is 2.18. The van der Waals surface area contributed by atoms with Gasteiger partial charge in [-0.3, -0.25) is 0 Å². The Hall–Kier alpha value is -1.29. The maximum absolute atomic E-state index is 11.3. The molecule has 2 atom stereocenters. The van der Waals surface area contributed by atoms with E-state index in [1.54, 1.807) is 0 Å². The molecule has 1 aliphatic heterocycles. The van der Waals surface area contributed by atoms with Crippen LogP contribution in [-0.2, 0) is 9.84 Å². The van der Waals surface area contributed by atoms with E-state index in [-0.39, 0.29) is 22.3 Å². The average molecular weight is 288 g/mol. The summed E-state index contributed by atoms with van der Waals surface area (Å²) in [6.45, 7) is 0. The molecule has 0 amide bonds. The van der Waals surface area contributed by atoms with Crippen LogP contribution in [0, 0.1) is 11.3 Å². The fraction of sp³-hybridized carbons (Fsp3) is 0.364. The molecular formula is C11H10ClNO4S. The molecule has 96 valence electrons. The lowest BCUT2D eigenvalue weighted by molar-refractivity contribution is 0.0739. The molecular weight excluding hydrogens is 278 g/mol. The largest absolute Gasteiger partial charge is 0.485 e. The molecule has 2 unspecified atom stereocenters. The van der Waals surface area contributed by atoms with Crippen molar-refractivity contribution in [2.45, 2.75) is 12.2 Å². The van der Waals surface area contributed by atoms with Crippen LogP contribution in [0.15, 0.2) is 18.2 Å². The molecule has 0 bridgehead atoms. The topological polar surface area (TPSA) is 87.4 Å². The molecule has 0 aliphatic carbocycles. The van der Waals surface area contributed by atoms with Crippen LogP contribution >= 0.6 is 11.6 Å². The summed E-state index contributed by atoms with van der Waals surface area (Å²) >= 11 is 5.90. The van der Waals surface area contributed by atoms with Crippen LogP contribution in [0.2, 0.25) is 5.02 Å². The summed E-state index contributed by atoms with van der Waals surface area (Å²) in [4.78, 5) is 0. The Morgan fingerprint density at radius 3 is 2.67 bits per heavy atom. The smallest absolute Gasteiger partial charge is 0.156 e. The molecule has 1 aromatic rings. The fourth-order valence-corrected chi connectivity index (χ4v) is 3.63. The van der Waals surface area contributed by atoms with Crippen molar-refractivity contribution in [3.63, 3.8) is 0 Å². The van der Waals surface area contributed by atoms with Crippen LogP contribution in [0.5, 0.6) is 5.75 Å². The average Bonchev–Trinajstić information content (AvgIpc) is 2.54. The summed E-state index contributed by atoms with van der Waals surface area (Å²) in [6.07, 6.45) is -1.87. The minimum Gasteiger partial charge on any atom is -0.485 e. The molecule has 5 nitrogen and oxygen atoms in total. The first kappa shape index (κ1) is 13.1.